The number of fused-ring (bicyclic) bond motifs is 6. The quantitative estimate of drug-likeness (QED) is 0.209. The molecule has 12 nitrogen and oxygen atoms in total. The van der Waals surface area contributed by atoms with Gasteiger partial charge in [-0.05, 0) is 81.7 Å². The Morgan fingerprint density at radius 3 is 2.73 bits per heavy atom. The molecule has 55 heavy (non-hydrogen) atoms. The van der Waals surface area contributed by atoms with E-state index in [0.29, 0.717) is 39.0 Å². The van der Waals surface area contributed by atoms with Crippen molar-refractivity contribution in [2.45, 2.75) is 97.9 Å². The van der Waals surface area contributed by atoms with Crippen LogP contribution >= 0.6 is 11.3 Å². The summed E-state index contributed by atoms with van der Waals surface area (Å²) in [5, 5.41) is 8.46. The molecule has 6 bridgehead atoms. The van der Waals surface area contributed by atoms with Gasteiger partial charge in [0.2, 0.25) is 5.91 Å². The lowest BCUT2D eigenvalue weighted by Crippen LogP contribution is -2.61. The van der Waals surface area contributed by atoms with Gasteiger partial charge in [-0.15, -0.1) is 11.3 Å². The summed E-state index contributed by atoms with van der Waals surface area (Å²) in [6, 6.07) is 8.99. The summed E-state index contributed by atoms with van der Waals surface area (Å²) in [6.07, 6.45) is 5.20. The van der Waals surface area contributed by atoms with E-state index in [2.05, 4.69) is 60.3 Å². The number of hydrogen-bond acceptors (Lipinski definition) is 10. The number of rotatable bonds is 7. The van der Waals surface area contributed by atoms with E-state index in [1.54, 1.807) is 13.3 Å². The summed E-state index contributed by atoms with van der Waals surface area (Å²) in [7, 11) is 1.70. The van der Waals surface area contributed by atoms with E-state index >= 15 is 0 Å². The average molecular weight is 771 g/mol. The number of methoxy groups -OCH3 is 1. The molecule has 0 aliphatic carbocycles. The third-order valence-electron chi connectivity index (χ3n) is 11.5. The van der Waals surface area contributed by atoms with Crippen molar-refractivity contribution in [3.8, 4) is 22.5 Å². The summed E-state index contributed by atoms with van der Waals surface area (Å²) in [4.78, 5) is 51.5. The second-order valence-electron chi connectivity index (χ2n) is 16.0. The minimum atomic E-state index is -0.868. The number of benzene rings is 1. The molecular weight excluding hydrogens is 717 g/mol. The van der Waals surface area contributed by atoms with Crippen LogP contribution in [-0.4, -0.2) is 82.9 Å². The molecule has 2 saturated heterocycles. The van der Waals surface area contributed by atoms with Gasteiger partial charge in [0.1, 0.15) is 12.1 Å². The van der Waals surface area contributed by atoms with Gasteiger partial charge in [-0.2, -0.15) is 0 Å². The Bertz CT molecular complexity index is 2040. The number of esters is 1. The first-order valence-electron chi connectivity index (χ1n) is 19.7. The van der Waals surface area contributed by atoms with Crippen LogP contribution in [0.2, 0.25) is 0 Å². The maximum absolute atomic E-state index is 14.3. The Balaban J connectivity index is 1.32. The van der Waals surface area contributed by atoms with E-state index in [4.69, 9.17) is 24.2 Å². The molecule has 2 fully saturated rings. The van der Waals surface area contributed by atoms with E-state index in [1.165, 1.54) is 16.3 Å². The molecule has 2 amide bonds. The maximum atomic E-state index is 14.3. The van der Waals surface area contributed by atoms with Crippen molar-refractivity contribution < 1.29 is 28.6 Å². The van der Waals surface area contributed by atoms with Gasteiger partial charge in [0.15, 0.2) is 0 Å². The molecule has 1 aromatic carbocycles. The molecule has 3 aliphatic heterocycles. The molecular formula is C42H54N6O6S. The minimum absolute atomic E-state index is 0.162. The Morgan fingerprint density at radius 2 is 1.96 bits per heavy atom. The first-order valence-corrected chi connectivity index (χ1v) is 20.6. The molecule has 13 heteroatoms. The molecule has 3 aliphatic rings. The number of amides is 2. The van der Waals surface area contributed by atoms with Crippen LogP contribution in [0, 0.1) is 17.3 Å². The highest BCUT2D eigenvalue weighted by Gasteiger charge is 2.37. The second kappa shape index (κ2) is 16.5. The number of ether oxygens (including phenoxy) is 3. The van der Waals surface area contributed by atoms with Crippen molar-refractivity contribution in [3.05, 3.63) is 58.2 Å². The SMILES string of the molecule is CCn1c(-c2cccnc2[C@H](C)OC)c2c3cc(ccc31)-c1csc(n1)C[C@H](NC(=O)C(C)C1CCOCC1)C(=O)N1CCC[C@H](N1)C(=O)OCC(C)(C)C2. The van der Waals surface area contributed by atoms with Crippen LogP contribution in [0.5, 0.6) is 0 Å². The summed E-state index contributed by atoms with van der Waals surface area (Å²) in [6.45, 7) is 12.9. The van der Waals surface area contributed by atoms with E-state index in [1.807, 2.05) is 25.3 Å². The normalized spacial score (nSPS) is 22.2. The lowest BCUT2D eigenvalue weighted by molar-refractivity contribution is -0.155. The van der Waals surface area contributed by atoms with Gasteiger partial charge >= 0.3 is 5.97 Å². The fourth-order valence-electron chi connectivity index (χ4n) is 8.30. The van der Waals surface area contributed by atoms with Gasteiger partial charge in [0.25, 0.3) is 5.91 Å². The predicted molar refractivity (Wildman–Crippen MR) is 212 cm³/mol. The molecule has 6 heterocycles. The third-order valence-corrected chi connectivity index (χ3v) is 12.4. The van der Waals surface area contributed by atoms with Crippen LogP contribution in [0.1, 0.15) is 82.7 Å². The predicted octanol–water partition coefficient (Wildman–Crippen LogP) is 6.27. The summed E-state index contributed by atoms with van der Waals surface area (Å²) in [5.74, 6) is -0.946. The standard InChI is InChI=1S/C42H54N6O6S/c1-7-47-35-13-12-28-20-30(35)31(38(47)29-10-8-16-43-37(29)26(3)52-6)22-42(4,5)24-54-41(51)32-11-9-17-48(46-32)40(50)33(21-36-44-34(28)23-55-36)45-39(49)25(2)27-14-18-53-19-15-27/h8,10,12-13,16,20,23,25-27,32-33,46H,7,9,11,14-15,17-19,21-22,24H2,1-6H3,(H,45,49)/t25?,26-,32-,33-/m0/s1. The van der Waals surface area contributed by atoms with E-state index in [-0.39, 0.29) is 42.8 Å². The van der Waals surface area contributed by atoms with E-state index in [0.717, 1.165) is 69.1 Å². The van der Waals surface area contributed by atoms with Crippen molar-refractivity contribution in [3.63, 3.8) is 0 Å². The highest BCUT2D eigenvalue weighted by molar-refractivity contribution is 7.10. The zero-order valence-electron chi connectivity index (χ0n) is 32.9. The maximum Gasteiger partial charge on any atom is 0.324 e. The highest BCUT2D eigenvalue weighted by Crippen LogP contribution is 2.42. The molecule has 7 rings (SSSR count). The largest absolute Gasteiger partial charge is 0.464 e. The Labute approximate surface area is 327 Å². The number of hydrazine groups is 1. The molecule has 4 aromatic rings. The molecule has 294 valence electrons. The average Bonchev–Trinajstić information content (AvgIpc) is 3.80. The topological polar surface area (TPSA) is 137 Å². The third kappa shape index (κ3) is 8.21. The van der Waals surface area contributed by atoms with Crippen molar-refractivity contribution in [1.82, 2.24) is 30.3 Å². The van der Waals surface area contributed by atoms with Gasteiger partial charge in [0, 0.05) is 84.8 Å². The lowest BCUT2D eigenvalue weighted by atomic mass is 9.84. The van der Waals surface area contributed by atoms with E-state index in [9.17, 15) is 14.4 Å². The highest BCUT2D eigenvalue weighted by atomic mass is 32.1. The number of nitrogens with one attached hydrogen (secondary N) is 2. The molecule has 2 N–H and O–H groups in total. The van der Waals surface area contributed by atoms with Crippen LogP contribution in [0.3, 0.4) is 0 Å². The second-order valence-corrected chi connectivity index (χ2v) is 17.0. The minimum Gasteiger partial charge on any atom is -0.464 e. The Kier molecular flexibility index (Phi) is 11.7. The zero-order valence-corrected chi connectivity index (χ0v) is 33.7. The van der Waals surface area contributed by atoms with Crippen molar-refractivity contribution >= 4 is 40.0 Å². The van der Waals surface area contributed by atoms with Crippen LogP contribution in [0.15, 0.2) is 41.9 Å². The van der Waals surface area contributed by atoms with Crippen molar-refractivity contribution in [2.75, 3.05) is 33.5 Å². The van der Waals surface area contributed by atoms with Crippen LogP contribution in [0.4, 0.5) is 0 Å². The molecule has 4 atom stereocenters. The summed E-state index contributed by atoms with van der Waals surface area (Å²) < 4.78 is 19.7. The van der Waals surface area contributed by atoms with Gasteiger partial charge in [-0.25, -0.2) is 10.4 Å². The number of hydrogen-bond donors (Lipinski definition) is 2. The lowest BCUT2D eigenvalue weighted by Gasteiger charge is -2.36. The smallest absolute Gasteiger partial charge is 0.324 e. The fraction of sp³-hybridized carbons (Fsp3) is 0.548. The number of aryl methyl sites for hydroxylation is 1. The molecule has 0 saturated carbocycles. The number of carbonyl (C=O) groups excluding carboxylic acids is 3. The van der Waals surface area contributed by atoms with Gasteiger partial charge < -0.3 is 24.1 Å². The van der Waals surface area contributed by atoms with Gasteiger partial charge in [-0.1, -0.05) is 26.8 Å². The van der Waals surface area contributed by atoms with Gasteiger partial charge in [0.05, 0.1) is 34.8 Å². The number of thiazole rings is 1. The van der Waals surface area contributed by atoms with Gasteiger partial charge in [-0.3, -0.25) is 24.4 Å². The molecule has 0 spiro atoms. The number of carbonyl (C=O) groups is 3. The van der Waals surface area contributed by atoms with Crippen molar-refractivity contribution in [1.29, 1.82) is 0 Å². The first kappa shape index (κ1) is 39.1. The number of aromatic nitrogens is 3. The number of nitrogens with zero attached hydrogens (tertiary/aromatic N) is 4. The van der Waals surface area contributed by atoms with Crippen molar-refractivity contribution in [2.24, 2.45) is 17.3 Å². The fourth-order valence-corrected chi connectivity index (χ4v) is 9.15. The van der Waals surface area contributed by atoms with Crippen LogP contribution in [0.25, 0.3) is 33.4 Å². The molecule has 3 aromatic heterocycles. The van der Waals surface area contributed by atoms with Crippen LogP contribution in [-0.2, 0) is 48.0 Å². The summed E-state index contributed by atoms with van der Waals surface area (Å²) in [5.41, 5.74) is 9.65. The van der Waals surface area contributed by atoms with Crippen LogP contribution < -0.4 is 10.7 Å². The van der Waals surface area contributed by atoms with E-state index < -0.39 is 23.5 Å². The Morgan fingerprint density at radius 1 is 1.16 bits per heavy atom. The molecule has 0 radical (unpaired) electrons. The Hall–Kier alpha value is -4.17. The first-order chi connectivity index (χ1) is 26.5. The monoisotopic (exact) mass is 770 g/mol. The number of cyclic esters (lactones) is 1. The number of pyridine rings is 1. The zero-order chi connectivity index (χ0) is 38.9. The molecule has 1 unspecified atom stereocenters. The summed E-state index contributed by atoms with van der Waals surface area (Å²) >= 11 is 1.48.